The third-order valence-corrected chi connectivity index (χ3v) is 5.06. The standard InChI is InChI=1S/C23H28N4O3/c1-3-10-26-17-18(16-24-26)23-20-15-19(29-14-13-28-11-4-2)8-9-21(20)27(25-23)22-7-5-6-12-30-22/h3-4,8-9,15-17,22H,1-2,5-7,10-14H2. The highest BCUT2D eigenvalue weighted by atomic mass is 16.5. The summed E-state index contributed by atoms with van der Waals surface area (Å²) in [6.07, 6.45) is 10.5. The molecule has 4 rings (SSSR count). The van der Waals surface area contributed by atoms with Crippen molar-refractivity contribution in [1.82, 2.24) is 19.6 Å². The maximum absolute atomic E-state index is 6.01. The lowest BCUT2D eigenvalue weighted by Gasteiger charge is -2.23. The smallest absolute Gasteiger partial charge is 0.150 e. The van der Waals surface area contributed by atoms with Gasteiger partial charge in [-0.3, -0.25) is 4.68 Å². The lowest BCUT2D eigenvalue weighted by molar-refractivity contribution is -0.0365. The van der Waals surface area contributed by atoms with Gasteiger partial charge in [0.05, 0.1) is 31.5 Å². The van der Waals surface area contributed by atoms with Gasteiger partial charge in [0.1, 0.15) is 18.1 Å². The Hall–Kier alpha value is -2.90. The second-order valence-electron chi connectivity index (χ2n) is 7.25. The van der Waals surface area contributed by atoms with Crippen molar-refractivity contribution in [3.8, 4) is 17.0 Å². The average molecular weight is 409 g/mol. The van der Waals surface area contributed by atoms with Crippen molar-refractivity contribution in [2.24, 2.45) is 0 Å². The van der Waals surface area contributed by atoms with Crippen molar-refractivity contribution in [3.63, 3.8) is 0 Å². The molecule has 158 valence electrons. The van der Waals surface area contributed by atoms with Gasteiger partial charge in [-0.15, -0.1) is 13.2 Å². The summed E-state index contributed by atoms with van der Waals surface area (Å²) in [4.78, 5) is 0. The van der Waals surface area contributed by atoms with E-state index in [1.165, 1.54) is 0 Å². The average Bonchev–Trinajstić information content (AvgIpc) is 3.39. The zero-order valence-electron chi connectivity index (χ0n) is 17.2. The van der Waals surface area contributed by atoms with Gasteiger partial charge < -0.3 is 14.2 Å². The first kappa shape index (κ1) is 20.4. The van der Waals surface area contributed by atoms with Crippen molar-refractivity contribution in [3.05, 3.63) is 55.9 Å². The van der Waals surface area contributed by atoms with Crippen LogP contribution in [0.5, 0.6) is 5.75 Å². The SMILES string of the molecule is C=CCOCCOc1ccc2c(c1)c(-c1cnn(CC=C)c1)nn2C1CCCCO1. The Balaban J connectivity index is 1.66. The van der Waals surface area contributed by atoms with Gasteiger partial charge in [0, 0.05) is 23.8 Å². The molecule has 0 bridgehead atoms. The highest BCUT2D eigenvalue weighted by Crippen LogP contribution is 2.34. The molecule has 1 atom stereocenters. The summed E-state index contributed by atoms with van der Waals surface area (Å²) in [5, 5.41) is 10.4. The molecule has 1 saturated heterocycles. The maximum atomic E-state index is 6.01. The van der Waals surface area contributed by atoms with Crippen LogP contribution in [0.3, 0.4) is 0 Å². The van der Waals surface area contributed by atoms with Gasteiger partial charge in [-0.05, 0) is 37.5 Å². The van der Waals surface area contributed by atoms with Crippen LogP contribution in [0.1, 0.15) is 25.5 Å². The summed E-state index contributed by atoms with van der Waals surface area (Å²) in [7, 11) is 0. The summed E-state index contributed by atoms with van der Waals surface area (Å²) < 4.78 is 21.2. The fourth-order valence-corrected chi connectivity index (χ4v) is 3.66. The molecule has 0 amide bonds. The van der Waals surface area contributed by atoms with Crippen LogP contribution in [0.2, 0.25) is 0 Å². The molecule has 1 unspecified atom stereocenters. The van der Waals surface area contributed by atoms with E-state index in [2.05, 4.69) is 24.3 Å². The van der Waals surface area contributed by atoms with Crippen LogP contribution in [0, 0.1) is 0 Å². The Bertz CT molecular complexity index is 1000. The maximum Gasteiger partial charge on any atom is 0.150 e. The normalized spacial score (nSPS) is 16.6. The summed E-state index contributed by atoms with van der Waals surface area (Å²) >= 11 is 0. The van der Waals surface area contributed by atoms with E-state index >= 15 is 0 Å². The highest BCUT2D eigenvalue weighted by molar-refractivity contribution is 5.94. The Morgan fingerprint density at radius 2 is 2.13 bits per heavy atom. The molecule has 0 radical (unpaired) electrons. The quantitative estimate of drug-likeness (QED) is 0.368. The number of ether oxygens (including phenoxy) is 3. The molecule has 2 aromatic heterocycles. The number of rotatable bonds is 10. The van der Waals surface area contributed by atoms with E-state index in [9.17, 15) is 0 Å². The fraction of sp³-hybridized carbons (Fsp3) is 0.391. The summed E-state index contributed by atoms with van der Waals surface area (Å²) in [5.41, 5.74) is 2.87. The summed E-state index contributed by atoms with van der Waals surface area (Å²) in [6, 6.07) is 6.06. The first-order valence-corrected chi connectivity index (χ1v) is 10.4. The van der Waals surface area contributed by atoms with Crippen LogP contribution in [0.4, 0.5) is 0 Å². The number of benzene rings is 1. The van der Waals surface area contributed by atoms with Gasteiger partial charge in [-0.2, -0.15) is 10.2 Å². The van der Waals surface area contributed by atoms with Crippen LogP contribution >= 0.6 is 0 Å². The molecule has 1 aromatic carbocycles. The molecule has 0 saturated carbocycles. The Kier molecular flexibility index (Phi) is 6.61. The largest absolute Gasteiger partial charge is 0.491 e. The number of allylic oxidation sites excluding steroid dienone is 1. The van der Waals surface area contributed by atoms with E-state index in [0.717, 1.165) is 53.8 Å². The van der Waals surface area contributed by atoms with Crippen molar-refractivity contribution in [2.45, 2.75) is 32.0 Å². The monoisotopic (exact) mass is 408 g/mol. The molecule has 1 aliphatic rings. The first-order valence-electron chi connectivity index (χ1n) is 10.4. The van der Waals surface area contributed by atoms with Crippen molar-refractivity contribution in [1.29, 1.82) is 0 Å². The third-order valence-electron chi connectivity index (χ3n) is 5.06. The van der Waals surface area contributed by atoms with Gasteiger partial charge in [0.2, 0.25) is 0 Å². The van der Waals surface area contributed by atoms with Crippen molar-refractivity contribution in [2.75, 3.05) is 26.4 Å². The zero-order chi connectivity index (χ0) is 20.8. The van der Waals surface area contributed by atoms with E-state index < -0.39 is 0 Å². The predicted octanol–water partition coefficient (Wildman–Crippen LogP) is 4.37. The van der Waals surface area contributed by atoms with Gasteiger partial charge in [0.15, 0.2) is 6.23 Å². The minimum Gasteiger partial charge on any atom is -0.491 e. The van der Waals surface area contributed by atoms with E-state index in [0.29, 0.717) is 26.4 Å². The molecule has 1 aliphatic heterocycles. The molecule has 0 spiro atoms. The zero-order valence-corrected chi connectivity index (χ0v) is 17.2. The van der Waals surface area contributed by atoms with Gasteiger partial charge in [-0.1, -0.05) is 12.2 Å². The molecule has 0 aliphatic carbocycles. The molecule has 3 aromatic rings. The van der Waals surface area contributed by atoms with Crippen LogP contribution in [-0.2, 0) is 16.0 Å². The first-order chi connectivity index (χ1) is 14.8. The van der Waals surface area contributed by atoms with Gasteiger partial charge in [0.25, 0.3) is 0 Å². The number of fused-ring (bicyclic) bond motifs is 1. The van der Waals surface area contributed by atoms with E-state index in [4.69, 9.17) is 19.3 Å². The van der Waals surface area contributed by atoms with Crippen molar-refractivity contribution < 1.29 is 14.2 Å². The minimum atomic E-state index is -0.0442. The lowest BCUT2D eigenvalue weighted by Crippen LogP contribution is -2.19. The predicted molar refractivity (Wildman–Crippen MR) is 117 cm³/mol. The fourth-order valence-electron chi connectivity index (χ4n) is 3.66. The molecule has 7 heteroatoms. The van der Waals surface area contributed by atoms with Gasteiger partial charge >= 0.3 is 0 Å². The highest BCUT2D eigenvalue weighted by Gasteiger charge is 2.22. The summed E-state index contributed by atoms with van der Waals surface area (Å²) in [5.74, 6) is 0.786. The van der Waals surface area contributed by atoms with E-state index in [-0.39, 0.29) is 6.23 Å². The molecule has 7 nitrogen and oxygen atoms in total. The second-order valence-corrected chi connectivity index (χ2v) is 7.25. The Morgan fingerprint density at radius 1 is 1.20 bits per heavy atom. The Morgan fingerprint density at radius 3 is 2.93 bits per heavy atom. The molecule has 30 heavy (non-hydrogen) atoms. The van der Waals surface area contributed by atoms with Crippen molar-refractivity contribution >= 4 is 10.9 Å². The number of hydrogen-bond donors (Lipinski definition) is 0. The van der Waals surface area contributed by atoms with Crippen LogP contribution < -0.4 is 4.74 Å². The minimum absolute atomic E-state index is 0.0442. The lowest BCUT2D eigenvalue weighted by atomic mass is 10.1. The van der Waals surface area contributed by atoms with E-state index in [1.807, 2.05) is 40.0 Å². The van der Waals surface area contributed by atoms with E-state index in [1.54, 1.807) is 6.08 Å². The van der Waals surface area contributed by atoms with Crippen LogP contribution in [0.25, 0.3) is 22.2 Å². The second kappa shape index (κ2) is 9.73. The molecular formula is C23H28N4O3. The topological polar surface area (TPSA) is 63.3 Å². The number of nitrogens with zero attached hydrogens (tertiary/aromatic N) is 4. The Labute approximate surface area is 176 Å². The number of aromatic nitrogens is 4. The number of hydrogen-bond acceptors (Lipinski definition) is 5. The molecule has 0 N–H and O–H groups in total. The van der Waals surface area contributed by atoms with Crippen LogP contribution in [0.15, 0.2) is 55.9 Å². The van der Waals surface area contributed by atoms with Gasteiger partial charge in [-0.25, -0.2) is 4.68 Å². The molecular weight excluding hydrogens is 380 g/mol. The van der Waals surface area contributed by atoms with Crippen LogP contribution in [-0.4, -0.2) is 46.0 Å². The third kappa shape index (κ3) is 4.47. The molecule has 3 heterocycles. The summed E-state index contributed by atoms with van der Waals surface area (Å²) in [6.45, 7) is 10.4. The molecule has 1 fully saturated rings.